The van der Waals surface area contributed by atoms with Crippen LogP contribution in [0.5, 0.6) is 0 Å². The van der Waals surface area contributed by atoms with Crippen molar-refractivity contribution in [2.75, 3.05) is 5.32 Å². The third-order valence-corrected chi connectivity index (χ3v) is 5.83. The lowest BCUT2D eigenvalue weighted by atomic mass is 10.1. The lowest BCUT2D eigenvalue weighted by molar-refractivity contribution is -0.116. The molecule has 0 aliphatic rings. The zero-order valence-electron chi connectivity index (χ0n) is 16.3. The average Bonchev–Trinajstić information content (AvgIpc) is 3.16. The molecule has 0 fully saturated rings. The maximum atomic E-state index is 12.9. The SMILES string of the molecule is CCc1ccc(NC(=O)Cn2cnc3c(-c4ccc(C)cc4)csc3c2=O)cc1. The van der Waals surface area contributed by atoms with Crippen molar-refractivity contribution in [3.63, 3.8) is 0 Å². The van der Waals surface area contributed by atoms with Crippen LogP contribution in [0, 0.1) is 6.92 Å². The van der Waals surface area contributed by atoms with E-state index in [1.54, 1.807) is 0 Å². The molecule has 0 saturated carbocycles. The summed E-state index contributed by atoms with van der Waals surface area (Å²) in [6, 6.07) is 15.8. The Morgan fingerprint density at radius 1 is 1.10 bits per heavy atom. The molecule has 2 heterocycles. The molecule has 4 rings (SSSR count). The van der Waals surface area contributed by atoms with E-state index in [1.165, 1.54) is 33.4 Å². The van der Waals surface area contributed by atoms with Gasteiger partial charge in [-0.15, -0.1) is 11.3 Å². The zero-order chi connectivity index (χ0) is 20.4. The van der Waals surface area contributed by atoms with Crippen LogP contribution in [0.3, 0.4) is 0 Å². The van der Waals surface area contributed by atoms with Crippen LogP contribution in [0.15, 0.2) is 65.0 Å². The van der Waals surface area contributed by atoms with Gasteiger partial charge in [-0.1, -0.05) is 48.9 Å². The van der Waals surface area contributed by atoms with Crippen LogP contribution < -0.4 is 10.9 Å². The molecule has 0 radical (unpaired) electrons. The van der Waals surface area contributed by atoms with E-state index >= 15 is 0 Å². The lowest BCUT2D eigenvalue weighted by Gasteiger charge is -2.08. The van der Waals surface area contributed by atoms with Crippen molar-refractivity contribution in [3.8, 4) is 11.1 Å². The van der Waals surface area contributed by atoms with Crippen molar-refractivity contribution in [2.45, 2.75) is 26.8 Å². The summed E-state index contributed by atoms with van der Waals surface area (Å²) in [5, 5.41) is 4.78. The number of rotatable bonds is 5. The van der Waals surface area contributed by atoms with Crippen LogP contribution in [0.25, 0.3) is 21.3 Å². The molecule has 0 bridgehead atoms. The highest BCUT2D eigenvalue weighted by atomic mass is 32.1. The summed E-state index contributed by atoms with van der Waals surface area (Å²) in [4.78, 5) is 29.7. The second-order valence-corrected chi connectivity index (χ2v) is 7.85. The summed E-state index contributed by atoms with van der Waals surface area (Å²) in [5.41, 5.74) is 5.54. The van der Waals surface area contributed by atoms with Gasteiger partial charge in [0, 0.05) is 16.6 Å². The molecule has 4 aromatic rings. The molecule has 0 aliphatic carbocycles. The van der Waals surface area contributed by atoms with E-state index in [-0.39, 0.29) is 18.0 Å². The predicted molar refractivity (Wildman–Crippen MR) is 119 cm³/mol. The number of hydrogen-bond donors (Lipinski definition) is 1. The van der Waals surface area contributed by atoms with Crippen LogP contribution in [0.4, 0.5) is 5.69 Å². The number of aromatic nitrogens is 2. The molecule has 0 aliphatic heterocycles. The smallest absolute Gasteiger partial charge is 0.271 e. The van der Waals surface area contributed by atoms with Gasteiger partial charge < -0.3 is 5.32 Å². The standard InChI is InChI=1S/C23H21N3O2S/c1-3-16-6-10-18(11-7-16)25-20(27)12-26-14-24-21-19(13-29-22(21)23(26)28)17-8-4-15(2)5-9-17/h4-11,13-14H,3,12H2,1-2H3,(H,25,27). The minimum atomic E-state index is -0.257. The minimum absolute atomic E-state index is 0.0743. The quantitative estimate of drug-likeness (QED) is 0.528. The molecule has 0 unspecified atom stereocenters. The number of anilines is 1. The Morgan fingerprint density at radius 3 is 2.52 bits per heavy atom. The van der Waals surface area contributed by atoms with Crippen LogP contribution in [0.1, 0.15) is 18.1 Å². The number of hydrogen-bond acceptors (Lipinski definition) is 4. The normalized spacial score (nSPS) is 11.0. The molecule has 1 N–H and O–H groups in total. The third kappa shape index (κ3) is 3.98. The molecule has 5 nitrogen and oxygen atoms in total. The number of thiophene rings is 1. The second-order valence-electron chi connectivity index (χ2n) is 6.97. The molecular formula is C23H21N3O2S. The number of amides is 1. The molecule has 6 heteroatoms. The van der Waals surface area contributed by atoms with Gasteiger partial charge in [-0.3, -0.25) is 14.2 Å². The van der Waals surface area contributed by atoms with Crippen molar-refractivity contribution >= 4 is 33.1 Å². The number of carbonyl (C=O) groups is 1. The maximum absolute atomic E-state index is 12.9. The van der Waals surface area contributed by atoms with Gasteiger partial charge in [0.15, 0.2) is 0 Å². The Morgan fingerprint density at radius 2 is 1.83 bits per heavy atom. The Bertz CT molecular complexity index is 1220. The first-order valence-electron chi connectivity index (χ1n) is 9.47. The Hall–Kier alpha value is -3.25. The highest BCUT2D eigenvalue weighted by molar-refractivity contribution is 7.17. The zero-order valence-corrected chi connectivity index (χ0v) is 17.1. The van der Waals surface area contributed by atoms with E-state index in [0.717, 1.165) is 17.5 Å². The molecule has 2 aromatic heterocycles. The topological polar surface area (TPSA) is 64.0 Å². The average molecular weight is 404 g/mol. The van der Waals surface area contributed by atoms with E-state index in [2.05, 4.69) is 17.2 Å². The van der Waals surface area contributed by atoms with E-state index in [4.69, 9.17) is 0 Å². The van der Waals surface area contributed by atoms with Gasteiger partial charge in [0.25, 0.3) is 5.56 Å². The fraction of sp³-hybridized carbons (Fsp3) is 0.174. The van der Waals surface area contributed by atoms with Gasteiger partial charge in [0.2, 0.25) is 5.91 Å². The van der Waals surface area contributed by atoms with Crippen molar-refractivity contribution in [2.24, 2.45) is 0 Å². The molecule has 0 spiro atoms. The Balaban J connectivity index is 1.56. The first-order chi connectivity index (χ1) is 14.0. The molecular weight excluding hydrogens is 382 g/mol. The van der Waals surface area contributed by atoms with Gasteiger partial charge in [0.05, 0.1) is 11.8 Å². The molecule has 29 heavy (non-hydrogen) atoms. The van der Waals surface area contributed by atoms with E-state index in [9.17, 15) is 9.59 Å². The fourth-order valence-electron chi connectivity index (χ4n) is 3.17. The first-order valence-corrected chi connectivity index (χ1v) is 10.4. The van der Waals surface area contributed by atoms with Crippen molar-refractivity contribution in [1.29, 1.82) is 0 Å². The minimum Gasteiger partial charge on any atom is -0.325 e. The van der Waals surface area contributed by atoms with Gasteiger partial charge >= 0.3 is 0 Å². The van der Waals surface area contributed by atoms with Crippen LogP contribution in [0.2, 0.25) is 0 Å². The number of nitrogens with one attached hydrogen (secondary N) is 1. The lowest BCUT2D eigenvalue weighted by Crippen LogP contribution is -2.27. The Labute approximate surface area is 172 Å². The van der Waals surface area contributed by atoms with Crippen molar-refractivity contribution in [3.05, 3.63) is 81.7 Å². The van der Waals surface area contributed by atoms with E-state index in [1.807, 2.05) is 60.8 Å². The maximum Gasteiger partial charge on any atom is 0.271 e. The van der Waals surface area contributed by atoms with Crippen LogP contribution in [-0.4, -0.2) is 15.5 Å². The summed E-state index contributed by atoms with van der Waals surface area (Å²) in [6.07, 6.45) is 2.40. The number of aryl methyl sites for hydroxylation is 2. The number of carbonyl (C=O) groups excluding carboxylic acids is 1. The second kappa shape index (κ2) is 8.01. The third-order valence-electron chi connectivity index (χ3n) is 4.87. The number of nitrogens with zero attached hydrogens (tertiary/aromatic N) is 2. The highest BCUT2D eigenvalue weighted by Gasteiger charge is 2.14. The number of fused-ring (bicyclic) bond motifs is 1. The van der Waals surface area contributed by atoms with E-state index in [0.29, 0.717) is 15.9 Å². The molecule has 2 aromatic carbocycles. The van der Waals surface area contributed by atoms with E-state index < -0.39 is 0 Å². The summed E-state index contributed by atoms with van der Waals surface area (Å²) in [6.45, 7) is 4.04. The molecule has 0 saturated heterocycles. The monoisotopic (exact) mass is 403 g/mol. The van der Waals surface area contributed by atoms with Crippen LogP contribution in [-0.2, 0) is 17.8 Å². The molecule has 1 amide bonds. The van der Waals surface area contributed by atoms with Gasteiger partial charge in [-0.25, -0.2) is 4.98 Å². The summed E-state index contributed by atoms with van der Waals surface area (Å²) >= 11 is 1.36. The van der Waals surface area contributed by atoms with Gasteiger partial charge in [-0.05, 0) is 36.6 Å². The van der Waals surface area contributed by atoms with Gasteiger partial charge in [-0.2, -0.15) is 0 Å². The summed E-state index contributed by atoms with van der Waals surface area (Å²) in [7, 11) is 0. The van der Waals surface area contributed by atoms with Crippen molar-refractivity contribution < 1.29 is 4.79 Å². The highest BCUT2D eigenvalue weighted by Crippen LogP contribution is 2.30. The van der Waals surface area contributed by atoms with Crippen LogP contribution >= 0.6 is 11.3 Å². The summed E-state index contributed by atoms with van der Waals surface area (Å²) in [5.74, 6) is -0.257. The molecule has 146 valence electrons. The van der Waals surface area contributed by atoms with Crippen molar-refractivity contribution in [1.82, 2.24) is 9.55 Å². The molecule has 0 atom stereocenters. The first kappa shape index (κ1) is 19.1. The predicted octanol–water partition coefficient (Wildman–Crippen LogP) is 4.63. The fourth-order valence-corrected chi connectivity index (χ4v) is 4.15. The van der Waals surface area contributed by atoms with Gasteiger partial charge in [0.1, 0.15) is 11.2 Å². The Kier molecular flexibility index (Phi) is 5.27. The summed E-state index contributed by atoms with van der Waals surface area (Å²) < 4.78 is 1.91. The largest absolute Gasteiger partial charge is 0.325 e. The number of benzene rings is 2.